The van der Waals surface area contributed by atoms with Crippen molar-refractivity contribution in [3.05, 3.63) is 29.8 Å². The van der Waals surface area contributed by atoms with Gasteiger partial charge >= 0.3 is 0 Å². The first kappa shape index (κ1) is 13.4. The predicted molar refractivity (Wildman–Crippen MR) is 55.4 cm³/mol. The second-order valence-electron chi connectivity index (χ2n) is 2.86. The summed E-state index contributed by atoms with van der Waals surface area (Å²) in [7, 11) is 0. The first-order valence-corrected chi connectivity index (χ1v) is 4.34. The molecule has 0 fully saturated rings. The van der Waals surface area contributed by atoms with Crippen LogP contribution >= 0.6 is 0 Å². The zero-order chi connectivity index (χ0) is 11.8. The molecule has 84 valence electrons. The molecule has 0 aromatic heterocycles. The average Bonchev–Trinajstić information content (AvgIpc) is 2.17. The Morgan fingerprint density at radius 2 is 1.80 bits per heavy atom. The topological polar surface area (TPSA) is 104 Å². The van der Waals surface area contributed by atoms with Gasteiger partial charge in [0, 0.05) is 13.5 Å². The number of phenols is 1. The number of hydrogen-bond acceptors (Lipinski definition) is 4. The Kier molecular flexibility index (Phi) is 6.08. The minimum absolute atomic E-state index is 0.193. The summed E-state index contributed by atoms with van der Waals surface area (Å²) in [6.07, 6.45) is -0.629. The van der Waals surface area contributed by atoms with Gasteiger partial charge in [-0.3, -0.25) is 4.79 Å². The van der Waals surface area contributed by atoms with Gasteiger partial charge in [-0.2, -0.15) is 0 Å². The number of carbonyl (C=O) groups is 1. The highest BCUT2D eigenvalue weighted by molar-refractivity contribution is 5.62. The Hall–Kier alpha value is -1.59. The summed E-state index contributed by atoms with van der Waals surface area (Å²) in [5.41, 5.74) is 5.96. The third-order valence-corrected chi connectivity index (χ3v) is 1.50. The molecule has 0 heterocycles. The van der Waals surface area contributed by atoms with Gasteiger partial charge in [-0.15, -0.1) is 0 Å². The van der Waals surface area contributed by atoms with Gasteiger partial charge in [0.25, 0.3) is 5.97 Å². The summed E-state index contributed by atoms with van der Waals surface area (Å²) in [5, 5.41) is 25.5. The fraction of sp³-hybridized carbons (Fsp3) is 0.300. The number of benzene rings is 1. The largest absolute Gasteiger partial charge is 0.508 e. The highest BCUT2D eigenvalue weighted by Crippen LogP contribution is 2.15. The Bertz CT molecular complexity index is 293. The fourth-order valence-electron chi connectivity index (χ4n) is 0.833. The zero-order valence-electron chi connectivity index (χ0n) is 8.42. The minimum Gasteiger partial charge on any atom is -0.508 e. The number of nitrogens with two attached hydrogens (primary N) is 1. The molecule has 5 nitrogen and oxygen atoms in total. The number of hydrogen-bond donors (Lipinski definition) is 4. The van der Waals surface area contributed by atoms with E-state index < -0.39 is 12.1 Å². The normalized spacial score (nSPS) is 11.1. The van der Waals surface area contributed by atoms with Crippen molar-refractivity contribution in [3.8, 4) is 5.75 Å². The predicted octanol–water partition coefficient (Wildman–Crippen LogP) is 0.475. The summed E-state index contributed by atoms with van der Waals surface area (Å²) in [6.45, 7) is 1.28. The average molecular weight is 213 g/mol. The van der Waals surface area contributed by atoms with Crippen LogP contribution in [0.3, 0.4) is 0 Å². The molecule has 5 heteroatoms. The molecule has 1 aromatic rings. The van der Waals surface area contributed by atoms with E-state index in [1.165, 1.54) is 12.1 Å². The standard InChI is InChI=1S/C8H11NO2.C2H4O2/c9-5-8(11)6-1-3-7(10)4-2-6;1-2(3)4/h1-4,8,10-11H,5,9H2;1H3,(H,3,4). The Morgan fingerprint density at radius 3 is 2.13 bits per heavy atom. The van der Waals surface area contributed by atoms with Gasteiger partial charge in [0.05, 0.1) is 6.10 Å². The number of aliphatic carboxylic acids is 1. The van der Waals surface area contributed by atoms with E-state index in [1.807, 2.05) is 0 Å². The molecule has 0 aliphatic heterocycles. The molecule has 0 aliphatic carbocycles. The molecular formula is C10H15NO4. The van der Waals surface area contributed by atoms with Crippen LogP contribution in [0.1, 0.15) is 18.6 Å². The maximum Gasteiger partial charge on any atom is 0.300 e. The number of aliphatic hydroxyl groups is 1. The molecule has 1 aromatic carbocycles. The first-order valence-electron chi connectivity index (χ1n) is 4.34. The summed E-state index contributed by atoms with van der Waals surface area (Å²) >= 11 is 0. The number of aliphatic hydroxyl groups excluding tert-OH is 1. The Labute approximate surface area is 87.8 Å². The zero-order valence-corrected chi connectivity index (χ0v) is 8.42. The minimum atomic E-state index is -0.833. The van der Waals surface area contributed by atoms with Crippen LogP contribution in [0.25, 0.3) is 0 Å². The quantitative estimate of drug-likeness (QED) is 0.572. The Morgan fingerprint density at radius 1 is 1.40 bits per heavy atom. The SMILES string of the molecule is CC(=O)O.NCC(O)c1ccc(O)cc1. The molecular weight excluding hydrogens is 198 g/mol. The van der Waals surface area contributed by atoms with Crippen LogP contribution < -0.4 is 5.73 Å². The summed E-state index contributed by atoms with van der Waals surface area (Å²) < 4.78 is 0. The lowest BCUT2D eigenvalue weighted by atomic mass is 10.1. The molecule has 1 atom stereocenters. The molecule has 0 aliphatic rings. The van der Waals surface area contributed by atoms with Crippen molar-refractivity contribution in [3.63, 3.8) is 0 Å². The smallest absolute Gasteiger partial charge is 0.300 e. The monoisotopic (exact) mass is 213 g/mol. The maximum atomic E-state index is 9.21. The van der Waals surface area contributed by atoms with Crippen molar-refractivity contribution in [2.75, 3.05) is 6.54 Å². The third-order valence-electron chi connectivity index (χ3n) is 1.50. The van der Waals surface area contributed by atoms with Crippen LogP contribution in [0.15, 0.2) is 24.3 Å². The highest BCUT2D eigenvalue weighted by Gasteiger charge is 2.02. The van der Waals surface area contributed by atoms with Crippen LogP contribution in [0, 0.1) is 0 Å². The number of rotatable bonds is 2. The van der Waals surface area contributed by atoms with Crippen LogP contribution in [0.4, 0.5) is 0 Å². The molecule has 0 bridgehead atoms. The van der Waals surface area contributed by atoms with Crippen molar-refractivity contribution in [2.45, 2.75) is 13.0 Å². The van der Waals surface area contributed by atoms with Crippen LogP contribution in [0.2, 0.25) is 0 Å². The molecule has 0 spiro atoms. The van der Waals surface area contributed by atoms with Crippen molar-refractivity contribution < 1.29 is 20.1 Å². The van der Waals surface area contributed by atoms with Gasteiger partial charge in [-0.1, -0.05) is 12.1 Å². The van der Waals surface area contributed by atoms with E-state index in [2.05, 4.69) is 0 Å². The van der Waals surface area contributed by atoms with Crippen molar-refractivity contribution >= 4 is 5.97 Å². The summed E-state index contributed by atoms with van der Waals surface area (Å²) in [4.78, 5) is 9.00. The Balaban J connectivity index is 0.000000423. The number of aromatic hydroxyl groups is 1. The van der Waals surface area contributed by atoms with Gasteiger partial charge in [0.2, 0.25) is 0 Å². The third kappa shape index (κ3) is 6.48. The van der Waals surface area contributed by atoms with E-state index in [0.29, 0.717) is 0 Å². The lowest BCUT2D eigenvalue weighted by Gasteiger charge is -2.06. The van der Waals surface area contributed by atoms with E-state index >= 15 is 0 Å². The van der Waals surface area contributed by atoms with Crippen molar-refractivity contribution in [1.82, 2.24) is 0 Å². The highest BCUT2D eigenvalue weighted by atomic mass is 16.4. The van der Waals surface area contributed by atoms with E-state index in [0.717, 1.165) is 12.5 Å². The fourth-order valence-corrected chi connectivity index (χ4v) is 0.833. The molecule has 0 amide bonds. The molecule has 0 saturated heterocycles. The van der Waals surface area contributed by atoms with E-state index in [9.17, 15) is 5.11 Å². The van der Waals surface area contributed by atoms with Crippen molar-refractivity contribution in [1.29, 1.82) is 0 Å². The second kappa shape index (κ2) is 6.80. The maximum absolute atomic E-state index is 9.21. The number of carboxylic acids is 1. The number of phenolic OH excluding ortho intramolecular Hbond substituents is 1. The lowest BCUT2D eigenvalue weighted by molar-refractivity contribution is -0.134. The van der Waals surface area contributed by atoms with Crippen LogP contribution in [-0.2, 0) is 4.79 Å². The molecule has 0 saturated carbocycles. The molecule has 0 radical (unpaired) electrons. The van der Waals surface area contributed by atoms with E-state index in [1.54, 1.807) is 12.1 Å². The van der Waals surface area contributed by atoms with E-state index in [-0.39, 0.29) is 12.3 Å². The summed E-state index contributed by atoms with van der Waals surface area (Å²) in [5.74, 6) is -0.641. The van der Waals surface area contributed by atoms with Gasteiger partial charge in [-0.25, -0.2) is 0 Å². The number of carboxylic acid groups (broad SMARTS) is 1. The first-order chi connectivity index (χ1) is 6.97. The van der Waals surface area contributed by atoms with Crippen molar-refractivity contribution in [2.24, 2.45) is 5.73 Å². The van der Waals surface area contributed by atoms with Crippen LogP contribution in [0.5, 0.6) is 5.75 Å². The molecule has 15 heavy (non-hydrogen) atoms. The van der Waals surface area contributed by atoms with Crippen LogP contribution in [-0.4, -0.2) is 27.8 Å². The van der Waals surface area contributed by atoms with Gasteiger partial charge in [-0.05, 0) is 17.7 Å². The molecule has 1 unspecified atom stereocenters. The molecule has 1 rings (SSSR count). The molecule has 5 N–H and O–H groups in total. The second-order valence-corrected chi connectivity index (χ2v) is 2.86. The lowest BCUT2D eigenvalue weighted by Crippen LogP contribution is -2.10. The van der Waals surface area contributed by atoms with Gasteiger partial charge in [0.15, 0.2) is 0 Å². The van der Waals surface area contributed by atoms with Gasteiger partial charge < -0.3 is 21.1 Å². The summed E-state index contributed by atoms with van der Waals surface area (Å²) in [6, 6.07) is 6.34. The van der Waals surface area contributed by atoms with Gasteiger partial charge in [0.1, 0.15) is 5.75 Å². The van der Waals surface area contributed by atoms with E-state index in [4.69, 9.17) is 20.7 Å².